The molecule has 2 atom stereocenters. The van der Waals surface area contributed by atoms with E-state index in [0.717, 1.165) is 23.5 Å². The predicted molar refractivity (Wildman–Crippen MR) is 93.4 cm³/mol. The molecule has 1 heterocycles. The average molecular weight is 338 g/mol. The van der Waals surface area contributed by atoms with Crippen molar-refractivity contribution in [2.45, 2.75) is 38.0 Å². The molecule has 1 unspecified atom stereocenters. The van der Waals surface area contributed by atoms with Gasteiger partial charge in [0.05, 0.1) is 5.92 Å². The molecule has 0 saturated carbocycles. The number of esters is 1. The van der Waals surface area contributed by atoms with Crippen LogP contribution < -0.4 is 0 Å². The van der Waals surface area contributed by atoms with Crippen molar-refractivity contribution in [3.8, 4) is 0 Å². The molecule has 0 N–H and O–H groups in total. The van der Waals surface area contributed by atoms with Crippen LogP contribution in [0, 0.1) is 5.92 Å². The number of ether oxygens (including phenoxy) is 1. The number of carbonyl (C=O) groups is 2. The van der Waals surface area contributed by atoms with Gasteiger partial charge in [-0.1, -0.05) is 42.1 Å². The zero-order valence-corrected chi connectivity index (χ0v) is 14.8. The number of hydrogen-bond acceptors (Lipinski definition) is 5. The van der Waals surface area contributed by atoms with Crippen molar-refractivity contribution >= 4 is 34.6 Å². The van der Waals surface area contributed by atoms with Gasteiger partial charge in [0.1, 0.15) is 5.60 Å². The number of carbonyl (C=O) groups excluding carboxylic acids is 2. The van der Waals surface area contributed by atoms with Crippen LogP contribution in [0.5, 0.6) is 0 Å². The van der Waals surface area contributed by atoms with Gasteiger partial charge in [-0.2, -0.15) is 11.8 Å². The molecule has 1 fully saturated rings. The van der Waals surface area contributed by atoms with Crippen molar-refractivity contribution in [3.63, 3.8) is 0 Å². The summed E-state index contributed by atoms with van der Waals surface area (Å²) in [5, 5.41) is 0.442. The summed E-state index contributed by atoms with van der Waals surface area (Å²) in [7, 11) is 0. The number of rotatable bonds is 4. The van der Waals surface area contributed by atoms with Crippen molar-refractivity contribution < 1.29 is 14.3 Å². The topological polar surface area (TPSA) is 43.4 Å². The molecule has 0 spiro atoms. The second-order valence-electron chi connectivity index (χ2n) is 6.39. The molecule has 3 nitrogen and oxygen atoms in total. The maximum atomic E-state index is 12.1. The van der Waals surface area contributed by atoms with Gasteiger partial charge in [0.2, 0.25) is 5.12 Å². The Bertz CT molecular complexity index is 522. The van der Waals surface area contributed by atoms with E-state index in [2.05, 4.69) is 0 Å². The Morgan fingerprint density at radius 3 is 2.59 bits per heavy atom. The second-order valence-corrected chi connectivity index (χ2v) is 8.71. The molecule has 0 bridgehead atoms. The fourth-order valence-electron chi connectivity index (χ4n) is 2.20. The largest absolute Gasteiger partial charge is 0.460 e. The van der Waals surface area contributed by atoms with Crippen molar-refractivity contribution in [1.29, 1.82) is 0 Å². The van der Waals surface area contributed by atoms with E-state index in [4.69, 9.17) is 4.74 Å². The van der Waals surface area contributed by atoms with Crippen LogP contribution in [0.15, 0.2) is 30.3 Å². The van der Waals surface area contributed by atoms with Crippen LogP contribution in [0.4, 0.5) is 0 Å². The molecule has 0 aromatic heterocycles. The van der Waals surface area contributed by atoms with Crippen molar-refractivity contribution in [3.05, 3.63) is 35.9 Å². The summed E-state index contributed by atoms with van der Waals surface area (Å²) in [5.74, 6) is 1.39. The number of hydrogen-bond donors (Lipinski definition) is 0. The minimum Gasteiger partial charge on any atom is -0.460 e. The van der Waals surface area contributed by atoms with Gasteiger partial charge in [-0.15, -0.1) is 0 Å². The van der Waals surface area contributed by atoms with Gasteiger partial charge in [-0.05, 0) is 27.2 Å². The molecular weight excluding hydrogens is 316 g/mol. The smallest absolute Gasteiger partial charge is 0.310 e. The van der Waals surface area contributed by atoms with Gasteiger partial charge in [0, 0.05) is 22.3 Å². The highest BCUT2D eigenvalue weighted by atomic mass is 32.2. The van der Waals surface area contributed by atoms with Crippen molar-refractivity contribution in [2.24, 2.45) is 5.92 Å². The van der Waals surface area contributed by atoms with Gasteiger partial charge in [0.15, 0.2) is 0 Å². The first-order valence-electron chi connectivity index (χ1n) is 7.42. The fourth-order valence-corrected chi connectivity index (χ4v) is 4.71. The molecule has 1 saturated heterocycles. The van der Waals surface area contributed by atoms with Gasteiger partial charge in [-0.25, -0.2) is 0 Å². The lowest BCUT2D eigenvalue weighted by Gasteiger charge is -2.21. The first-order valence-corrected chi connectivity index (χ1v) is 9.45. The Balaban J connectivity index is 1.77. The lowest BCUT2D eigenvalue weighted by Crippen LogP contribution is -2.29. The van der Waals surface area contributed by atoms with E-state index in [1.54, 1.807) is 11.8 Å². The maximum Gasteiger partial charge on any atom is 0.310 e. The lowest BCUT2D eigenvalue weighted by atomic mass is 10.1. The molecule has 0 radical (unpaired) electrons. The molecule has 0 amide bonds. The highest BCUT2D eigenvalue weighted by molar-refractivity contribution is 8.15. The van der Waals surface area contributed by atoms with Gasteiger partial charge >= 0.3 is 5.97 Å². The van der Waals surface area contributed by atoms with Crippen LogP contribution in [0.25, 0.3) is 0 Å². The van der Waals surface area contributed by atoms with Crippen LogP contribution in [0.1, 0.15) is 37.6 Å². The second kappa shape index (κ2) is 7.55. The quantitative estimate of drug-likeness (QED) is 0.776. The van der Waals surface area contributed by atoms with Crippen LogP contribution >= 0.6 is 23.5 Å². The first kappa shape index (κ1) is 17.4. The third-order valence-electron chi connectivity index (χ3n) is 3.23. The predicted octanol–water partition coefficient (Wildman–Crippen LogP) is 4.02. The van der Waals surface area contributed by atoms with E-state index in [-0.39, 0.29) is 17.0 Å². The Morgan fingerprint density at radius 2 is 1.95 bits per heavy atom. The van der Waals surface area contributed by atoms with E-state index in [1.807, 2.05) is 51.1 Å². The monoisotopic (exact) mass is 338 g/mol. The average Bonchev–Trinajstić information content (AvgIpc) is 2.93. The van der Waals surface area contributed by atoms with E-state index in [0.29, 0.717) is 5.25 Å². The third kappa shape index (κ3) is 5.36. The summed E-state index contributed by atoms with van der Waals surface area (Å²) >= 11 is 3.11. The Labute approximate surface area is 140 Å². The van der Waals surface area contributed by atoms with E-state index in [1.165, 1.54) is 11.8 Å². The van der Waals surface area contributed by atoms with Gasteiger partial charge < -0.3 is 4.74 Å². The molecule has 1 aliphatic heterocycles. The van der Waals surface area contributed by atoms with Crippen LogP contribution in [-0.4, -0.2) is 33.4 Å². The summed E-state index contributed by atoms with van der Waals surface area (Å²) in [4.78, 5) is 24.1. The summed E-state index contributed by atoms with van der Waals surface area (Å²) in [6.45, 7) is 5.66. The molecule has 22 heavy (non-hydrogen) atoms. The minimum atomic E-state index is -0.433. The molecule has 5 heteroatoms. The molecule has 1 aromatic rings. The highest BCUT2D eigenvalue weighted by Gasteiger charge is 2.33. The molecule has 0 aliphatic carbocycles. The fraction of sp³-hybridized carbons (Fsp3) is 0.529. The zero-order valence-electron chi connectivity index (χ0n) is 13.2. The van der Waals surface area contributed by atoms with Gasteiger partial charge in [0.25, 0.3) is 0 Å². The van der Waals surface area contributed by atoms with Crippen LogP contribution in [0.2, 0.25) is 0 Å². The molecule has 2 rings (SSSR count). The molecular formula is C17H22O3S2. The summed E-state index contributed by atoms with van der Waals surface area (Å²) in [6.07, 6.45) is 0.800. The number of thioether (sulfide) groups is 2. The highest BCUT2D eigenvalue weighted by Crippen LogP contribution is 2.35. The standard InChI is InChI=1S/C17H22O3S2/c1-17(2,3)20-15(18)13-9-14(21-10-13)11-22-16(19)12-7-5-4-6-8-12/h4-8,13-14H,9-11H2,1-3H3/t13?,14-/m1/s1. The molecule has 120 valence electrons. The third-order valence-corrected chi connectivity index (χ3v) is 5.93. The van der Waals surface area contributed by atoms with E-state index < -0.39 is 5.60 Å². The Hall–Kier alpha value is -0.940. The number of benzene rings is 1. The summed E-state index contributed by atoms with van der Waals surface area (Å²) in [5.41, 5.74) is 0.303. The Kier molecular flexibility index (Phi) is 5.98. The Morgan fingerprint density at radius 1 is 1.27 bits per heavy atom. The zero-order chi connectivity index (χ0) is 16.2. The minimum absolute atomic E-state index is 0.0401. The summed E-state index contributed by atoms with van der Waals surface area (Å²) in [6, 6.07) is 9.31. The van der Waals surface area contributed by atoms with Crippen LogP contribution in [-0.2, 0) is 9.53 Å². The van der Waals surface area contributed by atoms with E-state index in [9.17, 15) is 9.59 Å². The first-order chi connectivity index (χ1) is 10.3. The van der Waals surface area contributed by atoms with Gasteiger partial charge in [-0.3, -0.25) is 9.59 Å². The van der Waals surface area contributed by atoms with Crippen molar-refractivity contribution in [2.75, 3.05) is 11.5 Å². The normalized spacial score (nSPS) is 21.6. The van der Waals surface area contributed by atoms with Crippen molar-refractivity contribution in [1.82, 2.24) is 0 Å². The maximum absolute atomic E-state index is 12.1. The summed E-state index contributed by atoms with van der Waals surface area (Å²) < 4.78 is 5.44. The molecule has 1 aliphatic rings. The SMILES string of the molecule is CC(C)(C)OC(=O)C1CS[C@@H](CSC(=O)c2ccccc2)C1. The van der Waals surface area contributed by atoms with Crippen LogP contribution in [0.3, 0.4) is 0 Å². The van der Waals surface area contributed by atoms with E-state index >= 15 is 0 Å². The lowest BCUT2D eigenvalue weighted by molar-refractivity contribution is -0.159. The molecule has 1 aromatic carbocycles.